The molecule has 4 heterocycles. The largest absolute Gasteiger partial charge is 0.494 e. The van der Waals surface area contributed by atoms with Gasteiger partial charge >= 0.3 is 18.1 Å². The monoisotopic (exact) mass is 719 g/mol. The molecule has 1 saturated heterocycles. The Kier molecular flexibility index (Phi) is 12.9. The molecule has 2 amide bonds. The quantitative estimate of drug-likeness (QED) is 0.240. The number of anilines is 3. The first kappa shape index (κ1) is 37.9. The van der Waals surface area contributed by atoms with Gasteiger partial charge in [-0.15, -0.1) is 0 Å². The van der Waals surface area contributed by atoms with Crippen molar-refractivity contribution in [2.24, 2.45) is 5.92 Å². The van der Waals surface area contributed by atoms with E-state index in [-0.39, 0.29) is 29.8 Å². The molecule has 1 aromatic heterocycles. The number of carboxylic acid groups (broad SMARTS) is 1. The van der Waals surface area contributed by atoms with Crippen LogP contribution in [-0.2, 0) is 16.1 Å². The van der Waals surface area contributed by atoms with Gasteiger partial charge in [-0.1, -0.05) is 12.1 Å². The van der Waals surface area contributed by atoms with Gasteiger partial charge in [-0.25, -0.2) is 9.59 Å². The molecule has 52 heavy (non-hydrogen) atoms. The van der Waals surface area contributed by atoms with E-state index in [4.69, 9.17) is 18.9 Å². The van der Waals surface area contributed by atoms with Crippen LogP contribution in [0, 0.1) is 5.92 Å². The molecule has 4 N–H and O–H groups in total. The smallest absolute Gasteiger partial charge is 0.410 e. The van der Waals surface area contributed by atoms with Gasteiger partial charge in [0, 0.05) is 37.3 Å². The van der Waals surface area contributed by atoms with E-state index in [0.29, 0.717) is 57.4 Å². The summed E-state index contributed by atoms with van der Waals surface area (Å²) in [5.74, 6) is -0.760. The maximum absolute atomic E-state index is 13.8. The molecule has 3 aliphatic heterocycles. The number of benzene rings is 2. The molecule has 0 radical (unpaired) electrons. The van der Waals surface area contributed by atoms with E-state index in [1.54, 1.807) is 39.0 Å². The van der Waals surface area contributed by atoms with E-state index in [2.05, 4.69) is 30.9 Å². The van der Waals surface area contributed by atoms with E-state index >= 15 is 0 Å². The second-order valence-electron chi connectivity index (χ2n) is 13.8. The number of carboxylic acids is 1. The fourth-order valence-electron chi connectivity index (χ4n) is 5.91. The molecule has 6 bridgehead atoms. The summed E-state index contributed by atoms with van der Waals surface area (Å²) in [7, 11) is 0. The van der Waals surface area contributed by atoms with Crippen LogP contribution in [0.1, 0.15) is 82.1 Å². The molecule has 3 aromatic rings. The first-order valence-corrected chi connectivity index (χ1v) is 17.9. The third kappa shape index (κ3) is 11.1. The zero-order valence-electron chi connectivity index (χ0n) is 30.3. The van der Waals surface area contributed by atoms with Crippen LogP contribution < -0.4 is 30.2 Å². The first-order chi connectivity index (χ1) is 25.0. The average Bonchev–Trinajstić information content (AvgIpc) is 3.10. The molecule has 1 fully saturated rings. The molecule has 0 spiro atoms. The van der Waals surface area contributed by atoms with Gasteiger partial charge < -0.3 is 44.9 Å². The highest BCUT2D eigenvalue weighted by Crippen LogP contribution is 2.28. The molecular weight excluding hydrogens is 670 g/mol. The SMILES string of the molecule is CCOc1nc2nc(n1)Nc1ccc(C(=O)NC(C(=O)O)C3CCCN(C(=O)OC(C)(C)C)C3)c(c1)OCCCCCCOc1ccc(cc1)CN2. The molecule has 6 rings (SSSR count). The van der Waals surface area contributed by atoms with Crippen molar-refractivity contribution in [2.75, 3.05) is 43.5 Å². The van der Waals surface area contributed by atoms with Gasteiger partial charge in [0.15, 0.2) is 0 Å². The predicted molar refractivity (Wildman–Crippen MR) is 193 cm³/mol. The number of aromatic nitrogens is 3. The molecule has 15 heteroatoms. The first-order valence-electron chi connectivity index (χ1n) is 17.9. The van der Waals surface area contributed by atoms with Gasteiger partial charge in [0.2, 0.25) is 11.9 Å². The van der Waals surface area contributed by atoms with Crippen molar-refractivity contribution < 1.29 is 38.4 Å². The van der Waals surface area contributed by atoms with Crippen molar-refractivity contribution in [3.63, 3.8) is 0 Å². The fourth-order valence-corrected chi connectivity index (χ4v) is 5.91. The number of ether oxygens (including phenoxy) is 4. The lowest BCUT2D eigenvalue weighted by Crippen LogP contribution is -2.53. The summed E-state index contributed by atoms with van der Waals surface area (Å²) in [6.07, 6.45) is 4.02. The predicted octanol–water partition coefficient (Wildman–Crippen LogP) is 5.79. The zero-order valence-corrected chi connectivity index (χ0v) is 30.3. The van der Waals surface area contributed by atoms with Gasteiger partial charge in [0.05, 0.1) is 25.4 Å². The highest BCUT2D eigenvalue weighted by molar-refractivity contribution is 5.99. The normalized spacial score (nSPS) is 17.5. The minimum Gasteiger partial charge on any atom is -0.494 e. The number of piperidine rings is 1. The Morgan fingerprint density at radius 3 is 2.42 bits per heavy atom. The summed E-state index contributed by atoms with van der Waals surface area (Å²) < 4.78 is 23.2. The molecule has 2 aromatic carbocycles. The average molecular weight is 720 g/mol. The van der Waals surface area contributed by atoms with Crippen LogP contribution in [0.4, 0.5) is 22.4 Å². The number of aliphatic carboxylic acids is 1. The Hall–Kier alpha value is -5.34. The number of amides is 2. The lowest BCUT2D eigenvalue weighted by atomic mass is 9.90. The van der Waals surface area contributed by atoms with Gasteiger partial charge in [0.25, 0.3) is 5.91 Å². The summed E-state index contributed by atoms with van der Waals surface area (Å²) in [4.78, 5) is 53.9. The number of carbonyl (C=O) groups is 3. The second-order valence-corrected chi connectivity index (χ2v) is 13.8. The molecule has 0 aliphatic carbocycles. The van der Waals surface area contributed by atoms with Crippen LogP contribution >= 0.6 is 0 Å². The van der Waals surface area contributed by atoms with Crippen molar-refractivity contribution in [3.8, 4) is 17.5 Å². The minimum atomic E-state index is -1.24. The van der Waals surface area contributed by atoms with E-state index in [0.717, 1.165) is 37.0 Å². The lowest BCUT2D eigenvalue weighted by molar-refractivity contribution is -0.141. The molecule has 0 saturated carbocycles. The van der Waals surface area contributed by atoms with E-state index < -0.39 is 35.5 Å². The van der Waals surface area contributed by atoms with Gasteiger partial charge in [-0.2, -0.15) is 15.0 Å². The Morgan fingerprint density at radius 1 is 0.981 bits per heavy atom. The molecule has 3 aliphatic rings. The number of nitrogens with zero attached hydrogens (tertiary/aromatic N) is 4. The maximum Gasteiger partial charge on any atom is 0.410 e. The third-order valence-electron chi connectivity index (χ3n) is 8.44. The van der Waals surface area contributed by atoms with Crippen molar-refractivity contribution in [1.29, 1.82) is 0 Å². The minimum absolute atomic E-state index is 0.129. The number of likely N-dealkylation sites (tertiary alicyclic amines) is 1. The van der Waals surface area contributed by atoms with Gasteiger partial charge in [-0.05, 0) is 96.0 Å². The van der Waals surface area contributed by atoms with Crippen LogP contribution in [-0.4, -0.2) is 87.5 Å². The van der Waals surface area contributed by atoms with Crippen LogP contribution in [0.2, 0.25) is 0 Å². The molecule has 280 valence electrons. The zero-order chi connectivity index (χ0) is 37.1. The number of hydrogen-bond donors (Lipinski definition) is 4. The van der Waals surface area contributed by atoms with Crippen LogP contribution in [0.15, 0.2) is 42.5 Å². The van der Waals surface area contributed by atoms with Gasteiger partial charge in [-0.3, -0.25) is 4.79 Å². The number of hydrogen-bond acceptors (Lipinski definition) is 12. The van der Waals surface area contributed by atoms with Crippen LogP contribution in [0.25, 0.3) is 0 Å². The number of fused-ring (bicyclic) bond motifs is 10. The van der Waals surface area contributed by atoms with Crippen molar-refractivity contribution >= 4 is 35.6 Å². The Balaban J connectivity index is 1.37. The highest BCUT2D eigenvalue weighted by Gasteiger charge is 2.36. The van der Waals surface area contributed by atoms with Gasteiger partial charge in [0.1, 0.15) is 23.1 Å². The number of nitrogens with one attached hydrogen (secondary N) is 3. The number of rotatable bonds is 6. The maximum atomic E-state index is 13.8. The highest BCUT2D eigenvalue weighted by atomic mass is 16.6. The van der Waals surface area contributed by atoms with Crippen molar-refractivity contribution in [3.05, 3.63) is 53.6 Å². The van der Waals surface area contributed by atoms with E-state index in [1.807, 2.05) is 31.2 Å². The Morgan fingerprint density at radius 2 is 1.71 bits per heavy atom. The number of carbonyl (C=O) groups excluding carboxylic acids is 2. The summed E-state index contributed by atoms with van der Waals surface area (Å²) >= 11 is 0. The summed E-state index contributed by atoms with van der Waals surface area (Å²) in [5.41, 5.74) is 1.02. The Bertz CT molecular complexity index is 1680. The van der Waals surface area contributed by atoms with Crippen molar-refractivity contribution in [1.82, 2.24) is 25.2 Å². The molecule has 2 unspecified atom stereocenters. The van der Waals surface area contributed by atoms with Crippen molar-refractivity contribution in [2.45, 2.75) is 84.4 Å². The summed E-state index contributed by atoms with van der Waals surface area (Å²) in [5, 5.41) is 19.3. The third-order valence-corrected chi connectivity index (χ3v) is 8.44. The van der Waals surface area contributed by atoms with Crippen LogP contribution in [0.3, 0.4) is 0 Å². The van der Waals surface area contributed by atoms with E-state index in [1.165, 1.54) is 4.90 Å². The topological polar surface area (TPSA) is 186 Å². The fraction of sp³-hybridized carbons (Fsp3) is 0.514. The second kappa shape index (κ2) is 17.7. The Labute approximate surface area is 303 Å². The lowest BCUT2D eigenvalue weighted by Gasteiger charge is -2.36. The molecular formula is C37H49N7O8. The standard InChI is InChI=1S/C37H49N7O8/c1-5-49-35-42-33-38-22-24-12-15-27(16-13-24)50-19-8-6-7-9-20-51-29-21-26(39-34(41-33)43-35)14-17-28(29)31(45)40-30(32(46)47)25-11-10-18-44(23-25)36(48)52-37(2,3)4/h12-17,21,25,30H,5-11,18-20,22-23H2,1-4H3,(H,40,45)(H,46,47)(H2,38,39,41,42,43). The molecule has 15 nitrogen and oxygen atoms in total. The van der Waals surface area contributed by atoms with E-state index in [9.17, 15) is 19.5 Å². The summed E-state index contributed by atoms with van der Waals surface area (Å²) in [6, 6.07) is 11.6. The summed E-state index contributed by atoms with van der Waals surface area (Å²) in [6.45, 7) is 9.47. The molecule has 2 atom stereocenters. The van der Waals surface area contributed by atoms with Crippen LogP contribution in [0.5, 0.6) is 17.5 Å².